The molecule has 4 aromatic carbocycles. The second-order valence-electron chi connectivity index (χ2n) is 8.35. The molecule has 36 heavy (non-hydrogen) atoms. The molecule has 180 valence electrons. The highest BCUT2D eigenvalue weighted by Crippen LogP contribution is 2.31. The van der Waals surface area contributed by atoms with Crippen LogP contribution in [0.15, 0.2) is 93.8 Å². The van der Waals surface area contributed by atoms with Crippen LogP contribution in [0.5, 0.6) is 5.75 Å². The smallest absolute Gasteiger partial charge is 0.251 e. The fraction of sp³-hybridized carbons (Fsp3) is 0.103. The van der Waals surface area contributed by atoms with Crippen molar-refractivity contribution in [3.8, 4) is 5.75 Å². The number of benzene rings is 4. The first-order valence-corrected chi connectivity index (χ1v) is 12.3. The van der Waals surface area contributed by atoms with Crippen molar-refractivity contribution in [3.05, 3.63) is 106 Å². The minimum atomic E-state index is -0.312. The molecule has 1 heterocycles. The van der Waals surface area contributed by atoms with Crippen molar-refractivity contribution < 1.29 is 18.7 Å². The number of para-hydroxylation sites is 1. The van der Waals surface area contributed by atoms with Gasteiger partial charge in [-0.15, -0.1) is 0 Å². The minimum absolute atomic E-state index is 0.123. The Hall–Kier alpha value is -4.10. The predicted molar refractivity (Wildman–Crippen MR) is 145 cm³/mol. The lowest BCUT2D eigenvalue weighted by Gasteiger charge is -2.11. The van der Waals surface area contributed by atoms with Crippen LogP contribution in [-0.4, -0.2) is 24.8 Å². The van der Waals surface area contributed by atoms with Gasteiger partial charge in [0.05, 0.1) is 13.2 Å². The van der Waals surface area contributed by atoms with Gasteiger partial charge in [-0.2, -0.15) is 0 Å². The Bertz CT molecular complexity index is 1590. The number of nitrogen functional groups attached to an aromatic ring is 1. The third-order valence-electron chi connectivity index (χ3n) is 5.98. The second-order valence-corrected chi connectivity index (χ2v) is 9.21. The second kappa shape index (κ2) is 10.3. The van der Waals surface area contributed by atoms with Gasteiger partial charge in [0.1, 0.15) is 16.9 Å². The van der Waals surface area contributed by atoms with Crippen LogP contribution in [0.4, 0.5) is 5.69 Å². The molecule has 6 nitrogen and oxygen atoms in total. The van der Waals surface area contributed by atoms with Crippen LogP contribution in [-0.2, 0) is 6.42 Å². The molecule has 0 radical (unpaired) electrons. The van der Waals surface area contributed by atoms with Crippen molar-refractivity contribution in [1.29, 1.82) is 0 Å². The number of furan rings is 1. The number of rotatable bonds is 8. The van der Waals surface area contributed by atoms with Crippen LogP contribution in [0.25, 0.3) is 21.9 Å². The molecular formula is C29H23BrN2O4. The van der Waals surface area contributed by atoms with Gasteiger partial charge in [-0.1, -0.05) is 42.5 Å². The Morgan fingerprint density at radius 2 is 1.67 bits per heavy atom. The van der Waals surface area contributed by atoms with Crippen LogP contribution >= 0.6 is 15.9 Å². The zero-order valence-corrected chi connectivity index (χ0v) is 20.9. The van der Waals surface area contributed by atoms with Crippen LogP contribution < -0.4 is 15.8 Å². The molecular weight excluding hydrogens is 520 g/mol. The van der Waals surface area contributed by atoms with E-state index in [-0.39, 0.29) is 18.2 Å². The number of halogens is 1. The Balaban J connectivity index is 1.21. The molecule has 5 rings (SSSR count). The first-order chi connectivity index (χ1) is 17.5. The number of Topliss-reactive ketones (excluding diaryl/α,β-unsaturated/α-hetero) is 1. The van der Waals surface area contributed by atoms with Gasteiger partial charge >= 0.3 is 0 Å². The molecule has 1 aromatic heterocycles. The highest BCUT2D eigenvalue weighted by atomic mass is 79.9. The summed E-state index contributed by atoms with van der Waals surface area (Å²) >= 11 is 3.31. The van der Waals surface area contributed by atoms with E-state index in [1.54, 1.807) is 30.3 Å². The maximum absolute atomic E-state index is 12.8. The number of ether oxygens (including phenoxy) is 1. The highest BCUT2D eigenvalue weighted by Gasteiger charge is 2.14. The van der Waals surface area contributed by atoms with Crippen molar-refractivity contribution in [2.24, 2.45) is 0 Å². The first-order valence-electron chi connectivity index (χ1n) is 11.5. The summed E-state index contributed by atoms with van der Waals surface area (Å²) in [6.45, 7) is 0.259. The maximum atomic E-state index is 12.8. The van der Waals surface area contributed by atoms with Crippen LogP contribution in [0.1, 0.15) is 26.3 Å². The van der Waals surface area contributed by atoms with Gasteiger partial charge in [0, 0.05) is 44.5 Å². The van der Waals surface area contributed by atoms with Gasteiger partial charge in [-0.05, 0) is 57.9 Å². The summed E-state index contributed by atoms with van der Waals surface area (Å²) < 4.78 is 12.6. The highest BCUT2D eigenvalue weighted by molar-refractivity contribution is 9.10. The van der Waals surface area contributed by atoms with Gasteiger partial charge in [-0.3, -0.25) is 9.59 Å². The molecule has 0 saturated heterocycles. The molecule has 0 aliphatic rings. The summed E-state index contributed by atoms with van der Waals surface area (Å²) in [7, 11) is 0. The molecule has 0 fully saturated rings. The molecule has 0 atom stereocenters. The van der Waals surface area contributed by atoms with E-state index in [0.717, 1.165) is 32.0 Å². The van der Waals surface area contributed by atoms with Gasteiger partial charge < -0.3 is 20.2 Å². The van der Waals surface area contributed by atoms with E-state index in [0.29, 0.717) is 35.6 Å². The van der Waals surface area contributed by atoms with E-state index in [9.17, 15) is 9.59 Å². The van der Waals surface area contributed by atoms with E-state index < -0.39 is 0 Å². The van der Waals surface area contributed by atoms with E-state index >= 15 is 0 Å². The summed E-state index contributed by atoms with van der Waals surface area (Å²) in [5.41, 5.74) is 9.72. The fourth-order valence-electron chi connectivity index (χ4n) is 4.11. The van der Waals surface area contributed by atoms with Gasteiger partial charge in [0.15, 0.2) is 5.78 Å². The summed E-state index contributed by atoms with van der Waals surface area (Å²) in [5.74, 6) is 0.167. The van der Waals surface area contributed by atoms with Crippen molar-refractivity contribution in [2.45, 2.75) is 6.42 Å². The lowest BCUT2D eigenvalue weighted by molar-refractivity contribution is 0.0903. The summed E-state index contributed by atoms with van der Waals surface area (Å²) in [5, 5.41) is 4.83. The van der Waals surface area contributed by atoms with Crippen molar-refractivity contribution in [2.75, 3.05) is 18.9 Å². The molecule has 0 saturated carbocycles. The zero-order chi connectivity index (χ0) is 25.1. The number of amides is 1. The molecule has 0 unspecified atom stereocenters. The van der Waals surface area contributed by atoms with Gasteiger partial charge in [0.2, 0.25) is 0 Å². The minimum Gasteiger partial charge on any atom is -0.493 e. The first kappa shape index (κ1) is 23.6. The molecule has 5 aromatic rings. The number of nitrogens with two attached hydrogens (primary N) is 1. The Morgan fingerprint density at radius 1 is 0.889 bits per heavy atom. The lowest BCUT2D eigenvalue weighted by Crippen LogP contribution is -2.30. The Labute approximate surface area is 216 Å². The van der Waals surface area contributed by atoms with Gasteiger partial charge in [0.25, 0.3) is 5.91 Å². The topological polar surface area (TPSA) is 94.6 Å². The SMILES string of the molecule is Nc1cc(C(=O)CNC(=O)c2ccccc2CCOc2ccc3c(c2)oc2ccccc23)ccc1Br. The van der Waals surface area contributed by atoms with E-state index in [4.69, 9.17) is 14.9 Å². The number of carbonyl (C=O) groups is 2. The molecule has 0 spiro atoms. The maximum Gasteiger partial charge on any atom is 0.251 e. The molecule has 0 bridgehead atoms. The lowest BCUT2D eigenvalue weighted by atomic mass is 10.0. The van der Waals surface area contributed by atoms with Gasteiger partial charge in [-0.25, -0.2) is 0 Å². The number of hydrogen-bond donors (Lipinski definition) is 2. The summed E-state index contributed by atoms with van der Waals surface area (Å²) in [6, 6.07) is 26.0. The Morgan fingerprint density at radius 3 is 2.53 bits per heavy atom. The molecule has 0 aliphatic heterocycles. The predicted octanol–water partition coefficient (Wildman–Crippen LogP) is 6.16. The Kier molecular flexibility index (Phi) is 6.73. The number of anilines is 1. The molecule has 1 amide bonds. The molecule has 0 aliphatic carbocycles. The number of fused-ring (bicyclic) bond motifs is 3. The van der Waals surface area contributed by atoms with Crippen molar-refractivity contribution in [3.63, 3.8) is 0 Å². The molecule has 3 N–H and O–H groups in total. The zero-order valence-electron chi connectivity index (χ0n) is 19.3. The molecule has 7 heteroatoms. The van der Waals surface area contributed by atoms with E-state index in [1.165, 1.54) is 0 Å². The quantitative estimate of drug-likeness (QED) is 0.181. The summed E-state index contributed by atoms with van der Waals surface area (Å²) in [6.07, 6.45) is 0.527. The number of ketones is 1. The van der Waals surface area contributed by atoms with Crippen molar-refractivity contribution in [1.82, 2.24) is 5.32 Å². The largest absolute Gasteiger partial charge is 0.493 e. The average Bonchev–Trinajstić information content (AvgIpc) is 3.27. The van der Waals surface area contributed by atoms with E-state index in [2.05, 4.69) is 21.2 Å². The number of carbonyl (C=O) groups excluding carboxylic acids is 2. The third kappa shape index (κ3) is 4.97. The fourth-order valence-corrected chi connectivity index (χ4v) is 4.36. The third-order valence-corrected chi connectivity index (χ3v) is 6.70. The standard InChI is InChI=1S/C29H23BrN2O4/c30-24-12-9-19(15-25(24)31)26(33)17-32-29(34)21-6-2-1-5-18(21)13-14-35-20-10-11-23-22-7-3-4-8-27(22)36-28(23)16-20/h1-12,15-16H,13-14,17,31H2,(H,32,34). The van der Waals surface area contributed by atoms with Crippen molar-refractivity contribution >= 4 is 55.2 Å². The monoisotopic (exact) mass is 542 g/mol. The normalized spacial score (nSPS) is 11.0. The van der Waals surface area contributed by atoms with Crippen LogP contribution in [0, 0.1) is 0 Å². The van der Waals surface area contributed by atoms with Crippen LogP contribution in [0.2, 0.25) is 0 Å². The van der Waals surface area contributed by atoms with E-state index in [1.807, 2.05) is 54.6 Å². The number of hydrogen-bond acceptors (Lipinski definition) is 5. The number of nitrogens with one attached hydrogen (secondary N) is 1. The van der Waals surface area contributed by atoms with Crippen LogP contribution in [0.3, 0.4) is 0 Å². The average molecular weight is 543 g/mol. The summed E-state index contributed by atoms with van der Waals surface area (Å²) in [4.78, 5) is 25.3.